The molecule has 6 heteroatoms. The lowest BCUT2D eigenvalue weighted by Gasteiger charge is -2.29. The number of carbonyl (C=O) groups is 1. The number of aromatic nitrogens is 1. The van der Waals surface area contributed by atoms with Gasteiger partial charge in [-0.15, -0.1) is 0 Å². The van der Waals surface area contributed by atoms with Crippen molar-refractivity contribution >= 4 is 28.5 Å². The molecule has 0 spiro atoms. The minimum Gasteiger partial charge on any atom is -0.545 e. The lowest BCUT2D eigenvalue weighted by molar-refractivity contribution is -0.905. The molecule has 0 radical (unpaired) electrons. The van der Waals surface area contributed by atoms with E-state index in [0.29, 0.717) is 35.6 Å². The number of quaternary nitrogens is 1. The largest absolute Gasteiger partial charge is 0.545 e. The predicted octanol–water partition coefficient (Wildman–Crippen LogP) is 1.96. The molecule has 2 aromatic carbocycles. The number of aromatic carboxylic acids is 1. The molecule has 3 aromatic rings. The van der Waals surface area contributed by atoms with Crippen LogP contribution >= 0.6 is 0 Å². The number of nitrogens with one attached hydrogen (secondary N) is 1. The van der Waals surface area contributed by atoms with Crippen LogP contribution < -0.4 is 19.5 Å². The predicted molar refractivity (Wildman–Crippen MR) is 118 cm³/mol. The summed E-state index contributed by atoms with van der Waals surface area (Å²) in [5.41, 5.74) is 4.19. The molecular weight excluding hydrogens is 392 g/mol. The quantitative estimate of drug-likeness (QED) is 0.662. The molecule has 0 amide bonds. The third-order valence-corrected chi connectivity index (χ3v) is 5.71. The SMILES string of the molecule is CCOc1cccc(/C=C2\C[NH+](CC)Cc3c2nc2ccccc2c3C(=O)[O-])c1OC. The number of para-hydroxylation sites is 2. The maximum Gasteiger partial charge on any atom is 0.167 e. The zero-order chi connectivity index (χ0) is 22.0. The highest BCUT2D eigenvalue weighted by Gasteiger charge is 2.28. The van der Waals surface area contributed by atoms with Crippen molar-refractivity contribution in [2.75, 3.05) is 26.8 Å². The van der Waals surface area contributed by atoms with Crippen LogP contribution in [0.2, 0.25) is 0 Å². The van der Waals surface area contributed by atoms with Crippen LogP contribution in [0.1, 0.15) is 41.0 Å². The van der Waals surface area contributed by atoms with Crippen LogP contribution in [0.4, 0.5) is 0 Å². The fraction of sp³-hybridized carbons (Fsp3) is 0.280. The average Bonchev–Trinajstić information content (AvgIpc) is 2.77. The van der Waals surface area contributed by atoms with E-state index < -0.39 is 5.97 Å². The Balaban J connectivity index is 1.96. The second kappa shape index (κ2) is 8.78. The Labute approximate surface area is 181 Å². The van der Waals surface area contributed by atoms with Crippen LogP contribution in [0.15, 0.2) is 42.5 Å². The number of likely N-dealkylation sites (N-methyl/N-ethyl adjacent to an activating group) is 1. The van der Waals surface area contributed by atoms with Crippen molar-refractivity contribution in [2.24, 2.45) is 0 Å². The summed E-state index contributed by atoms with van der Waals surface area (Å²) in [6, 6.07) is 13.1. The molecule has 1 aliphatic rings. The number of carboxylic acids is 1. The van der Waals surface area contributed by atoms with E-state index in [-0.39, 0.29) is 5.56 Å². The summed E-state index contributed by atoms with van der Waals surface area (Å²) in [6.07, 6.45) is 2.04. The Morgan fingerprint density at radius 3 is 2.68 bits per heavy atom. The monoisotopic (exact) mass is 418 g/mol. The number of benzene rings is 2. The zero-order valence-corrected chi connectivity index (χ0v) is 18.0. The maximum absolute atomic E-state index is 12.2. The van der Waals surface area contributed by atoms with E-state index in [9.17, 15) is 9.90 Å². The standard InChI is InChI=1S/C25H26N2O4/c1-4-27-14-17(13-16-9-8-12-21(31-5-2)24(16)30-3)23-19(15-27)22(25(28)29)18-10-6-7-11-20(18)26-23/h6-13H,4-5,14-15H2,1-3H3,(H,28,29)/b17-13+. The molecule has 0 bridgehead atoms. The van der Waals surface area contributed by atoms with Crippen molar-refractivity contribution in [1.82, 2.24) is 4.98 Å². The van der Waals surface area contributed by atoms with Gasteiger partial charge in [-0.3, -0.25) is 0 Å². The number of carboxylic acid groups (broad SMARTS) is 1. The van der Waals surface area contributed by atoms with Crippen LogP contribution in [0.3, 0.4) is 0 Å². The van der Waals surface area contributed by atoms with Gasteiger partial charge in [-0.1, -0.05) is 30.3 Å². The summed E-state index contributed by atoms with van der Waals surface area (Å²) in [4.78, 5) is 18.3. The summed E-state index contributed by atoms with van der Waals surface area (Å²) in [7, 11) is 1.62. The number of rotatable bonds is 6. The first-order valence-electron chi connectivity index (χ1n) is 10.5. The van der Waals surface area contributed by atoms with Gasteiger partial charge < -0.3 is 24.3 Å². The number of carbonyl (C=O) groups excluding carboxylic acids is 1. The molecule has 0 saturated carbocycles. The first-order valence-corrected chi connectivity index (χ1v) is 10.5. The van der Waals surface area contributed by atoms with Gasteiger partial charge in [0.05, 0.1) is 37.4 Å². The Kier molecular flexibility index (Phi) is 5.91. The smallest absolute Gasteiger partial charge is 0.167 e. The summed E-state index contributed by atoms with van der Waals surface area (Å²) < 4.78 is 11.4. The number of methoxy groups -OCH3 is 1. The Morgan fingerprint density at radius 2 is 1.97 bits per heavy atom. The van der Waals surface area contributed by atoms with Crippen LogP contribution in [-0.2, 0) is 6.54 Å². The van der Waals surface area contributed by atoms with Crippen molar-refractivity contribution in [3.05, 3.63) is 64.8 Å². The Morgan fingerprint density at radius 1 is 1.16 bits per heavy atom. The van der Waals surface area contributed by atoms with Gasteiger partial charge in [0.25, 0.3) is 0 Å². The lowest BCUT2D eigenvalue weighted by Crippen LogP contribution is -3.11. The fourth-order valence-corrected chi connectivity index (χ4v) is 4.28. The fourth-order valence-electron chi connectivity index (χ4n) is 4.28. The van der Waals surface area contributed by atoms with Gasteiger partial charge >= 0.3 is 0 Å². The van der Waals surface area contributed by atoms with Crippen LogP contribution in [0, 0.1) is 0 Å². The lowest BCUT2D eigenvalue weighted by atomic mass is 9.92. The average molecular weight is 418 g/mol. The van der Waals surface area contributed by atoms with Crippen LogP contribution in [0.25, 0.3) is 22.6 Å². The number of hydrogen-bond acceptors (Lipinski definition) is 5. The summed E-state index contributed by atoms with van der Waals surface area (Å²) in [6.45, 7) is 6.77. The maximum atomic E-state index is 12.2. The molecule has 1 aromatic heterocycles. The molecular formula is C25H26N2O4. The van der Waals surface area contributed by atoms with E-state index in [1.54, 1.807) is 13.2 Å². The zero-order valence-electron chi connectivity index (χ0n) is 18.0. The normalized spacial score (nSPS) is 16.9. The number of ether oxygens (including phenoxy) is 2. The first-order chi connectivity index (χ1) is 15.1. The van der Waals surface area contributed by atoms with E-state index in [1.165, 1.54) is 4.90 Å². The van der Waals surface area contributed by atoms with Gasteiger partial charge in [0, 0.05) is 27.6 Å². The Hall–Kier alpha value is -3.38. The molecule has 0 saturated heterocycles. The van der Waals surface area contributed by atoms with Gasteiger partial charge in [-0.05, 0) is 32.1 Å². The molecule has 1 N–H and O–H groups in total. The van der Waals surface area contributed by atoms with Gasteiger partial charge in [-0.2, -0.15) is 0 Å². The second-order valence-corrected chi connectivity index (χ2v) is 7.56. The van der Waals surface area contributed by atoms with Gasteiger partial charge in [0.1, 0.15) is 13.1 Å². The highest BCUT2D eigenvalue weighted by Crippen LogP contribution is 2.35. The number of hydrogen-bond donors (Lipinski definition) is 1. The van der Waals surface area contributed by atoms with Crippen molar-refractivity contribution in [2.45, 2.75) is 20.4 Å². The number of nitrogens with zero attached hydrogens (tertiary/aromatic N) is 1. The van der Waals surface area contributed by atoms with Gasteiger partial charge in [0.2, 0.25) is 0 Å². The summed E-state index contributed by atoms with van der Waals surface area (Å²) >= 11 is 0. The number of fused-ring (bicyclic) bond motifs is 2. The molecule has 0 fully saturated rings. The van der Waals surface area contributed by atoms with Crippen molar-refractivity contribution in [3.8, 4) is 11.5 Å². The van der Waals surface area contributed by atoms with Crippen molar-refractivity contribution in [1.29, 1.82) is 0 Å². The molecule has 1 atom stereocenters. The third kappa shape index (κ3) is 3.86. The van der Waals surface area contributed by atoms with E-state index >= 15 is 0 Å². The first kappa shape index (κ1) is 20.9. The van der Waals surface area contributed by atoms with E-state index in [0.717, 1.165) is 35.5 Å². The minimum atomic E-state index is -1.16. The highest BCUT2D eigenvalue weighted by atomic mass is 16.5. The van der Waals surface area contributed by atoms with Gasteiger partial charge in [-0.25, -0.2) is 4.98 Å². The topological polar surface area (TPSA) is 75.9 Å². The molecule has 2 heterocycles. The van der Waals surface area contributed by atoms with Crippen LogP contribution in [0.5, 0.6) is 11.5 Å². The van der Waals surface area contributed by atoms with Crippen molar-refractivity contribution in [3.63, 3.8) is 0 Å². The summed E-state index contributed by atoms with van der Waals surface area (Å²) in [5, 5.41) is 12.8. The van der Waals surface area contributed by atoms with Crippen LogP contribution in [-0.4, -0.2) is 37.8 Å². The molecule has 160 valence electrons. The second-order valence-electron chi connectivity index (χ2n) is 7.56. The third-order valence-electron chi connectivity index (χ3n) is 5.71. The molecule has 0 aliphatic carbocycles. The molecule has 6 nitrogen and oxygen atoms in total. The minimum absolute atomic E-state index is 0.243. The molecule has 1 unspecified atom stereocenters. The molecule has 1 aliphatic heterocycles. The van der Waals surface area contributed by atoms with Crippen molar-refractivity contribution < 1.29 is 24.3 Å². The van der Waals surface area contributed by atoms with E-state index in [1.807, 2.05) is 49.4 Å². The van der Waals surface area contributed by atoms with Gasteiger partial charge in [0.15, 0.2) is 11.5 Å². The van der Waals surface area contributed by atoms with E-state index in [2.05, 4.69) is 6.92 Å². The van der Waals surface area contributed by atoms with E-state index in [4.69, 9.17) is 14.5 Å². The Bertz CT molecular complexity index is 1170. The molecule has 4 rings (SSSR count). The number of pyridine rings is 1. The molecule has 31 heavy (non-hydrogen) atoms. The highest BCUT2D eigenvalue weighted by molar-refractivity contribution is 6.05. The summed E-state index contributed by atoms with van der Waals surface area (Å²) in [5.74, 6) is 0.169.